The number of rotatable bonds is 16. The van der Waals surface area contributed by atoms with E-state index in [0.717, 1.165) is 90.4 Å². The van der Waals surface area contributed by atoms with E-state index in [-0.39, 0.29) is 35.7 Å². The Morgan fingerprint density at radius 1 is 0.700 bits per heavy atom. The molecule has 0 saturated carbocycles. The van der Waals surface area contributed by atoms with E-state index in [2.05, 4.69) is 68.7 Å². The van der Waals surface area contributed by atoms with Gasteiger partial charge in [0, 0.05) is 33.4 Å². The molecular formula is C45H60N8O7. The molecule has 15 heteroatoms. The molecule has 0 aliphatic carbocycles. The van der Waals surface area contributed by atoms with Crippen molar-refractivity contribution in [2.45, 2.75) is 96.9 Å². The molecule has 2 aliphatic heterocycles. The lowest BCUT2D eigenvalue weighted by atomic mass is 10.0. The van der Waals surface area contributed by atoms with E-state index >= 15 is 0 Å². The summed E-state index contributed by atoms with van der Waals surface area (Å²) < 4.78 is 17.2. The van der Waals surface area contributed by atoms with Gasteiger partial charge in [0.25, 0.3) is 0 Å². The Labute approximate surface area is 352 Å². The van der Waals surface area contributed by atoms with Crippen LogP contribution in [-0.4, -0.2) is 106 Å². The third kappa shape index (κ3) is 9.83. The van der Waals surface area contributed by atoms with E-state index in [9.17, 15) is 19.2 Å². The molecule has 0 unspecified atom stereocenters. The van der Waals surface area contributed by atoms with Gasteiger partial charge in [0.1, 0.15) is 23.7 Å². The maximum absolute atomic E-state index is 13.9. The van der Waals surface area contributed by atoms with Gasteiger partial charge in [-0.3, -0.25) is 9.59 Å². The molecule has 2 saturated heterocycles. The second-order valence-corrected chi connectivity index (χ2v) is 16.3. The van der Waals surface area contributed by atoms with Gasteiger partial charge in [0.15, 0.2) is 0 Å². The number of amides is 4. The van der Waals surface area contributed by atoms with Crippen molar-refractivity contribution in [3.8, 4) is 33.6 Å². The molecule has 322 valence electrons. The zero-order valence-corrected chi connectivity index (χ0v) is 35.9. The van der Waals surface area contributed by atoms with Crippen LogP contribution in [0.15, 0.2) is 60.9 Å². The van der Waals surface area contributed by atoms with Gasteiger partial charge in [-0.05, 0) is 72.6 Å². The molecule has 4 aromatic rings. The molecule has 6 rings (SSSR count). The first-order chi connectivity index (χ1) is 28.9. The Morgan fingerprint density at radius 3 is 1.75 bits per heavy atom. The third-order valence-corrected chi connectivity index (χ3v) is 11.6. The second-order valence-electron chi connectivity index (χ2n) is 16.3. The minimum absolute atomic E-state index is 0.109. The first-order valence-corrected chi connectivity index (χ1v) is 21.1. The number of carbonyl (C=O) groups is 4. The predicted octanol–water partition coefficient (Wildman–Crippen LogP) is 7.12. The van der Waals surface area contributed by atoms with Crippen molar-refractivity contribution in [2.75, 3.05) is 41.0 Å². The summed E-state index contributed by atoms with van der Waals surface area (Å²) in [6.45, 7) is 10.2. The molecule has 2 fully saturated rings. The summed E-state index contributed by atoms with van der Waals surface area (Å²) in [4.78, 5) is 68.4. The molecular weight excluding hydrogens is 765 g/mol. The lowest BCUT2D eigenvalue weighted by Crippen LogP contribution is -2.51. The molecule has 15 nitrogen and oxygen atoms in total. The van der Waals surface area contributed by atoms with Crippen LogP contribution in [0.1, 0.15) is 90.0 Å². The molecule has 0 spiro atoms. The van der Waals surface area contributed by atoms with Gasteiger partial charge in [-0.2, -0.15) is 0 Å². The molecule has 0 bridgehead atoms. The summed E-state index contributed by atoms with van der Waals surface area (Å²) in [5, 5.41) is 5.45. The number of hydrogen-bond donors (Lipinski definition) is 3. The third-order valence-electron chi connectivity index (χ3n) is 11.6. The minimum Gasteiger partial charge on any atom is -0.453 e. The highest BCUT2D eigenvalue weighted by molar-refractivity contribution is 5.87. The summed E-state index contributed by atoms with van der Waals surface area (Å²) in [5.74, 6) is 1.07. The number of ether oxygens (including phenoxy) is 3. The van der Waals surface area contributed by atoms with Crippen LogP contribution in [0.25, 0.3) is 33.6 Å². The zero-order chi connectivity index (χ0) is 42.9. The van der Waals surface area contributed by atoms with Gasteiger partial charge in [0.05, 0.1) is 50.1 Å². The number of aromatic amines is 1. The van der Waals surface area contributed by atoms with E-state index in [1.165, 1.54) is 14.2 Å². The largest absolute Gasteiger partial charge is 0.453 e. The van der Waals surface area contributed by atoms with Crippen molar-refractivity contribution in [1.82, 2.24) is 40.0 Å². The molecule has 4 atom stereocenters. The van der Waals surface area contributed by atoms with Crippen molar-refractivity contribution < 1.29 is 33.4 Å². The molecule has 2 aromatic heterocycles. The van der Waals surface area contributed by atoms with Crippen LogP contribution < -0.4 is 10.6 Å². The van der Waals surface area contributed by atoms with Gasteiger partial charge < -0.3 is 44.2 Å². The number of benzene rings is 2. The summed E-state index contributed by atoms with van der Waals surface area (Å²) in [6, 6.07) is 14.9. The fraction of sp³-hybridized carbons (Fsp3) is 0.511. The first kappa shape index (κ1) is 43.9. The lowest BCUT2D eigenvalue weighted by molar-refractivity contribution is -0.136. The number of hydrogen-bond acceptors (Lipinski definition) is 9. The number of likely N-dealkylation sites (tertiary alicyclic amines) is 2. The standard InChI is InChI=1S/C45H60N8O7/c1-28(2)38(49-44(56)59-6)42(54)52-23-10-12-35(52)40-46-26-34(48-40)32-18-14-30(15-19-32)31-16-20-33(21-17-31)37-27-47-41(51(37)22-8-9-25-58-5)36-13-11-24-53(36)43(55)39(29(3)4)50-45(57)60-7/h14-21,26-29,35-36,38-39H,8-13,22-25H2,1-7H3,(H,46,48)(H,49,56)(H,50,57)/t35-,36-,38-,39-/m0/s1. The number of nitrogens with zero attached hydrogens (tertiary/aromatic N) is 5. The number of H-pyrrole nitrogens is 1. The van der Waals surface area contributed by atoms with Crippen molar-refractivity contribution in [1.29, 1.82) is 0 Å². The van der Waals surface area contributed by atoms with Gasteiger partial charge in [-0.25, -0.2) is 19.6 Å². The van der Waals surface area contributed by atoms with E-state index in [1.54, 1.807) is 7.11 Å². The number of carbonyl (C=O) groups excluding carboxylic acids is 4. The van der Waals surface area contributed by atoms with Crippen LogP contribution in [0.4, 0.5) is 9.59 Å². The molecule has 2 aromatic carbocycles. The van der Waals surface area contributed by atoms with E-state index < -0.39 is 24.3 Å². The highest BCUT2D eigenvalue weighted by Crippen LogP contribution is 2.37. The number of methoxy groups -OCH3 is 3. The Hall–Kier alpha value is -5.70. The highest BCUT2D eigenvalue weighted by atomic mass is 16.5. The monoisotopic (exact) mass is 824 g/mol. The Morgan fingerprint density at radius 2 is 1.22 bits per heavy atom. The lowest BCUT2D eigenvalue weighted by Gasteiger charge is -2.31. The maximum atomic E-state index is 13.9. The molecule has 2 aliphatic rings. The van der Waals surface area contributed by atoms with Gasteiger partial charge in [0.2, 0.25) is 11.8 Å². The quantitative estimate of drug-likeness (QED) is 0.0995. The minimum atomic E-state index is -0.705. The van der Waals surface area contributed by atoms with E-state index in [4.69, 9.17) is 24.2 Å². The summed E-state index contributed by atoms with van der Waals surface area (Å²) in [5.41, 5.74) is 5.96. The van der Waals surface area contributed by atoms with Crippen LogP contribution in [0.5, 0.6) is 0 Å². The van der Waals surface area contributed by atoms with Crippen molar-refractivity contribution in [3.05, 3.63) is 72.6 Å². The van der Waals surface area contributed by atoms with Crippen LogP contribution in [-0.2, 0) is 30.3 Å². The summed E-state index contributed by atoms with van der Waals surface area (Å²) in [6.07, 6.45) is 7.49. The number of alkyl carbamates (subject to hydrolysis) is 2. The fourth-order valence-corrected chi connectivity index (χ4v) is 8.34. The zero-order valence-electron chi connectivity index (χ0n) is 35.9. The van der Waals surface area contributed by atoms with Gasteiger partial charge in [-0.1, -0.05) is 76.2 Å². The predicted molar refractivity (Wildman–Crippen MR) is 228 cm³/mol. The summed E-state index contributed by atoms with van der Waals surface area (Å²) in [7, 11) is 4.30. The average Bonchev–Trinajstić information content (AvgIpc) is 4.10. The highest BCUT2D eigenvalue weighted by Gasteiger charge is 2.39. The Balaban J connectivity index is 1.18. The molecule has 4 heterocycles. The second kappa shape index (κ2) is 20.0. The van der Waals surface area contributed by atoms with Crippen LogP contribution in [0.2, 0.25) is 0 Å². The van der Waals surface area contributed by atoms with Gasteiger partial charge >= 0.3 is 12.2 Å². The van der Waals surface area contributed by atoms with Crippen molar-refractivity contribution in [2.24, 2.45) is 11.8 Å². The van der Waals surface area contributed by atoms with Gasteiger partial charge in [-0.15, -0.1) is 0 Å². The Bertz CT molecular complexity index is 2080. The average molecular weight is 825 g/mol. The van der Waals surface area contributed by atoms with E-state index in [1.807, 2.05) is 49.9 Å². The van der Waals surface area contributed by atoms with Crippen molar-refractivity contribution in [3.63, 3.8) is 0 Å². The number of unbranched alkanes of at least 4 members (excludes halogenated alkanes) is 1. The topological polar surface area (TPSA) is 173 Å². The fourth-order valence-electron chi connectivity index (χ4n) is 8.34. The van der Waals surface area contributed by atoms with Crippen LogP contribution in [0.3, 0.4) is 0 Å². The normalized spacial score (nSPS) is 17.6. The van der Waals surface area contributed by atoms with Crippen LogP contribution in [0, 0.1) is 11.8 Å². The maximum Gasteiger partial charge on any atom is 0.407 e. The SMILES string of the molecule is COCCCCn1c(-c2ccc(-c3ccc(-c4cnc([C@@H]5CCCN5C(=O)[C@@H](NC(=O)OC)C(C)C)[nH]4)cc3)cc2)cnc1[C@@H]1CCCN1C(=O)[C@@H](NC(=O)OC)C(C)C. The number of nitrogens with one attached hydrogen (secondary N) is 3. The number of imidazole rings is 2. The van der Waals surface area contributed by atoms with E-state index in [0.29, 0.717) is 19.7 Å². The molecule has 4 amide bonds. The van der Waals surface area contributed by atoms with Crippen molar-refractivity contribution >= 4 is 24.0 Å². The summed E-state index contributed by atoms with van der Waals surface area (Å²) >= 11 is 0. The first-order valence-electron chi connectivity index (χ1n) is 21.1. The van der Waals surface area contributed by atoms with Crippen LogP contribution >= 0.6 is 0 Å². The smallest absolute Gasteiger partial charge is 0.407 e. The molecule has 3 N–H and O–H groups in total. The number of aromatic nitrogens is 4. The molecule has 0 radical (unpaired) electrons. The Kier molecular flexibility index (Phi) is 14.6. The molecule has 60 heavy (non-hydrogen) atoms.